The van der Waals surface area contributed by atoms with E-state index in [2.05, 4.69) is 5.32 Å². The summed E-state index contributed by atoms with van der Waals surface area (Å²) in [5.74, 6) is 0.0983. The topological polar surface area (TPSA) is 96.0 Å². The molecule has 0 radical (unpaired) electrons. The van der Waals surface area contributed by atoms with E-state index in [4.69, 9.17) is 16.3 Å². The first-order valence-corrected chi connectivity index (χ1v) is 15.2. The molecule has 40 heavy (non-hydrogen) atoms. The van der Waals surface area contributed by atoms with E-state index in [0.29, 0.717) is 22.9 Å². The molecule has 0 aromatic heterocycles. The fraction of sp³-hybridized carbons (Fsp3) is 0.333. The van der Waals surface area contributed by atoms with Crippen LogP contribution in [0.4, 0.5) is 5.69 Å². The molecule has 0 fully saturated rings. The Hall–Kier alpha value is -3.56. The Morgan fingerprint density at radius 2 is 1.70 bits per heavy atom. The van der Waals surface area contributed by atoms with Crippen molar-refractivity contribution in [2.45, 2.75) is 38.8 Å². The molecular weight excluding hydrogens is 550 g/mol. The summed E-state index contributed by atoms with van der Waals surface area (Å²) in [5, 5.41) is 3.12. The molecule has 0 spiro atoms. The van der Waals surface area contributed by atoms with Crippen LogP contribution in [0.3, 0.4) is 0 Å². The van der Waals surface area contributed by atoms with Crippen molar-refractivity contribution in [2.75, 3.05) is 31.3 Å². The molecule has 0 unspecified atom stereocenters. The summed E-state index contributed by atoms with van der Waals surface area (Å²) in [6, 6.07) is 21.2. The average Bonchev–Trinajstić information content (AvgIpc) is 2.94. The summed E-state index contributed by atoms with van der Waals surface area (Å²) in [4.78, 5) is 28.4. The number of ether oxygens (including phenoxy) is 1. The van der Waals surface area contributed by atoms with Gasteiger partial charge in [-0.25, -0.2) is 8.42 Å². The minimum absolute atomic E-state index is 0.0396. The van der Waals surface area contributed by atoms with Crippen molar-refractivity contribution in [3.63, 3.8) is 0 Å². The summed E-state index contributed by atoms with van der Waals surface area (Å²) in [7, 11) is -0.517. The van der Waals surface area contributed by atoms with Gasteiger partial charge in [-0.15, -0.1) is 0 Å². The monoisotopic (exact) mass is 585 g/mol. The zero-order chi connectivity index (χ0) is 29.3. The van der Waals surface area contributed by atoms with Gasteiger partial charge >= 0.3 is 0 Å². The number of amides is 2. The second-order valence-corrected chi connectivity index (χ2v) is 11.9. The molecule has 214 valence electrons. The molecule has 0 bridgehead atoms. The third-order valence-corrected chi connectivity index (χ3v) is 8.01. The number of benzene rings is 3. The minimum atomic E-state index is -3.63. The maximum atomic E-state index is 13.8. The van der Waals surface area contributed by atoms with E-state index in [9.17, 15) is 18.0 Å². The third kappa shape index (κ3) is 8.47. The Labute approximate surface area is 241 Å². The molecule has 1 atom stereocenters. The van der Waals surface area contributed by atoms with Gasteiger partial charge in [0, 0.05) is 38.0 Å². The van der Waals surface area contributed by atoms with Crippen LogP contribution in [-0.4, -0.2) is 58.1 Å². The Morgan fingerprint density at radius 1 is 1.00 bits per heavy atom. The number of nitrogens with one attached hydrogen (secondary N) is 1. The van der Waals surface area contributed by atoms with E-state index in [1.807, 2.05) is 61.5 Å². The van der Waals surface area contributed by atoms with Crippen molar-refractivity contribution in [1.29, 1.82) is 0 Å². The summed E-state index contributed by atoms with van der Waals surface area (Å²) in [5.41, 5.74) is 2.95. The number of nitrogens with zero attached hydrogens (tertiary/aromatic N) is 2. The Kier molecular flexibility index (Phi) is 11.0. The normalized spacial score (nSPS) is 11.9. The van der Waals surface area contributed by atoms with E-state index in [1.54, 1.807) is 37.3 Å². The van der Waals surface area contributed by atoms with Crippen molar-refractivity contribution in [3.8, 4) is 5.75 Å². The van der Waals surface area contributed by atoms with E-state index < -0.39 is 16.1 Å². The molecule has 0 saturated heterocycles. The minimum Gasteiger partial charge on any atom is -0.497 e. The van der Waals surface area contributed by atoms with Crippen molar-refractivity contribution in [2.24, 2.45) is 0 Å². The second kappa shape index (κ2) is 14.2. The van der Waals surface area contributed by atoms with E-state index in [0.717, 1.165) is 22.9 Å². The third-order valence-electron chi connectivity index (χ3n) is 6.60. The Morgan fingerprint density at radius 3 is 2.35 bits per heavy atom. The lowest BCUT2D eigenvalue weighted by atomic mass is 10.0. The van der Waals surface area contributed by atoms with Crippen LogP contribution >= 0.6 is 11.6 Å². The van der Waals surface area contributed by atoms with Gasteiger partial charge < -0.3 is 15.0 Å². The molecule has 1 N–H and O–H groups in total. The lowest BCUT2D eigenvalue weighted by Crippen LogP contribution is -2.49. The summed E-state index contributed by atoms with van der Waals surface area (Å²) in [6.45, 7) is 2.08. The summed E-state index contributed by atoms with van der Waals surface area (Å²) in [6.07, 6.45) is 1.75. The van der Waals surface area contributed by atoms with Gasteiger partial charge in [-0.3, -0.25) is 13.9 Å². The molecule has 8 nitrogen and oxygen atoms in total. The number of halogens is 1. The van der Waals surface area contributed by atoms with Gasteiger partial charge in [0.25, 0.3) is 0 Å². The molecule has 2 amide bonds. The lowest BCUT2D eigenvalue weighted by Gasteiger charge is -2.32. The largest absolute Gasteiger partial charge is 0.497 e. The number of sulfonamides is 1. The van der Waals surface area contributed by atoms with Gasteiger partial charge in [-0.2, -0.15) is 0 Å². The maximum absolute atomic E-state index is 13.8. The number of carbonyl (C=O) groups excluding carboxylic acids is 2. The van der Waals surface area contributed by atoms with Gasteiger partial charge in [-0.05, 0) is 54.3 Å². The smallest absolute Gasteiger partial charge is 0.242 e. The number of rotatable bonds is 13. The number of hydrogen-bond donors (Lipinski definition) is 1. The summed E-state index contributed by atoms with van der Waals surface area (Å²) >= 11 is 6.15. The van der Waals surface area contributed by atoms with Crippen molar-refractivity contribution in [3.05, 3.63) is 94.5 Å². The number of carbonyl (C=O) groups is 2. The highest BCUT2D eigenvalue weighted by molar-refractivity contribution is 7.92. The SMILES string of the molecule is CNC(=O)[C@@H](Cc1ccccc1)N(Cc1cccc(OC)c1)C(=O)CCCN(c1cc(Cl)ccc1C)S(C)(=O)=O. The molecule has 10 heteroatoms. The average molecular weight is 586 g/mol. The first kappa shape index (κ1) is 31.0. The summed E-state index contributed by atoms with van der Waals surface area (Å²) < 4.78 is 32.0. The Balaban J connectivity index is 1.88. The molecule has 0 saturated carbocycles. The van der Waals surface area contributed by atoms with E-state index in [-0.39, 0.29) is 37.7 Å². The van der Waals surface area contributed by atoms with Gasteiger partial charge in [0.05, 0.1) is 19.1 Å². The van der Waals surface area contributed by atoms with Crippen molar-refractivity contribution in [1.82, 2.24) is 10.2 Å². The molecule has 0 aliphatic rings. The number of aryl methyl sites for hydroxylation is 1. The van der Waals surface area contributed by atoms with Gasteiger partial charge in [-0.1, -0.05) is 60.1 Å². The quantitative estimate of drug-likeness (QED) is 0.317. The molecule has 3 rings (SSSR count). The fourth-order valence-electron chi connectivity index (χ4n) is 4.52. The van der Waals surface area contributed by atoms with E-state index in [1.165, 1.54) is 4.31 Å². The molecular formula is C30H36ClN3O5S. The van der Waals surface area contributed by atoms with Crippen LogP contribution in [0.1, 0.15) is 29.5 Å². The zero-order valence-electron chi connectivity index (χ0n) is 23.3. The molecule has 0 aliphatic carbocycles. The highest BCUT2D eigenvalue weighted by atomic mass is 35.5. The lowest BCUT2D eigenvalue weighted by molar-refractivity contribution is -0.141. The van der Waals surface area contributed by atoms with Gasteiger partial charge in [0.1, 0.15) is 11.8 Å². The fourth-order valence-corrected chi connectivity index (χ4v) is 5.70. The van der Waals surface area contributed by atoms with Crippen LogP contribution in [0, 0.1) is 6.92 Å². The van der Waals surface area contributed by atoms with Crippen LogP contribution in [0.5, 0.6) is 5.75 Å². The number of hydrogen-bond acceptors (Lipinski definition) is 5. The number of likely N-dealkylation sites (N-methyl/N-ethyl adjacent to an activating group) is 1. The first-order chi connectivity index (χ1) is 19.0. The van der Waals surface area contributed by atoms with Crippen molar-refractivity contribution >= 4 is 39.1 Å². The number of anilines is 1. The first-order valence-electron chi connectivity index (χ1n) is 12.9. The second-order valence-electron chi connectivity index (χ2n) is 9.56. The van der Waals surface area contributed by atoms with Crippen LogP contribution in [-0.2, 0) is 32.6 Å². The van der Waals surface area contributed by atoms with Crippen LogP contribution in [0.2, 0.25) is 5.02 Å². The standard InChI is InChI=1S/C30H36ClN3O5S/c1-22-15-16-25(31)20-27(22)34(40(4,37)38)17-9-14-29(35)33(21-24-12-8-13-26(18-24)39-3)28(30(36)32-2)19-23-10-6-5-7-11-23/h5-8,10-13,15-16,18,20,28H,9,14,17,19,21H2,1-4H3,(H,32,36)/t28-/m1/s1. The highest BCUT2D eigenvalue weighted by Gasteiger charge is 2.30. The maximum Gasteiger partial charge on any atom is 0.242 e. The van der Waals surface area contributed by atoms with Crippen LogP contribution in [0.15, 0.2) is 72.8 Å². The predicted molar refractivity (Wildman–Crippen MR) is 159 cm³/mol. The highest BCUT2D eigenvalue weighted by Crippen LogP contribution is 2.27. The molecule has 3 aromatic carbocycles. The van der Waals surface area contributed by atoms with Crippen LogP contribution in [0.25, 0.3) is 0 Å². The van der Waals surface area contributed by atoms with Crippen molar-refractivity contribution < 1.29 is 22.7 Å². The zero-order valence-corrected chi connectivity index (χ0v) is 24.8. The van der Waals surface area contributed by atoms with Gasteiger partial charge in [0.2, 0.25) is 21.8 Å². The predicted octanol–water partition coefficient (Wildman–Crippen LogP) is 4.59. The molecule has 0 aliphatic heterocycles. The van der Waals surface area contributed by atoms with E-state index >= 15 is 0 Å². The molecule has 3 aromatic rings. The Bertz CT molecular complexity index is 1420. The molecule has 0 heterocycles. The van der Waals surface area contributed by atoms with Gasteiger partial charge in [0.15, 0.2) is 0 Å². The number of methoxy groups -OCH3 is 1. The van der Waals surface area contributed by atoms with Crippen LogP contribution < -0.4 is 14.4 Å².